The molecule has 0 unspecified atom stereocenters. The smallest absolute Gasteiger partial charge is 0.213 e. The van der Waals surface area contributed by atoms with E-state index in [2.05, 4.69) is 33.7 Å². The first kappa shape index (κ1) is 17.7. The Morgan fingerprint density at radius 1 is 0.882 bits per heavy atom. The number of benzene rings is 1. The van der Waals surface area contributed by atoms with Crippen molar-refractivity contribution in [3.63, 3.8) is 0 Å². The second kappa shape index (κ2) is 14.4. The van der Waals surface area contributed by atoms with Gasteiger partial charge in [0.05, 0.1) is 0 Å². The highest BCUT2D eigenvalue weighted by molar-refractivity contribution is 5.11. The van der Waals surface area contributed by atoms with Crippen molar-refractivity contribution in [1.82, 2.24) is 10.2 Å². The van der Waals surface area contributed by atoms with Gasteiger partial charge < -0.3 is 4.42 Å². The van der Waals surface area contributed by atoms with E-state index in [1.54, 1.807) is 6.92 Å². The molecule has 17 heavy (non-hydrogen) atoms. The van der Waals surface area contributed by atoms with Crippen LogP contribution in [0, 0.1) is 13.8 Å². The fourth-order valence-electron chi connectivity index (χ4n) is 0.763. The fraction of sp³-hybridized carbons (Fsp3) is 0.429. The van der Waals surface area contributed by atoms with Crippen molar-refractivity contribution in [1.29, 1.82) is 0 Å². The van der Waals surface area contributed by atoms with Gasteiger partial charge in [-0.05, 0) is 6.92 Å². The number of aromatic nitrogens is 2. The lowest BCUT2D eigenvalue weighted by Crippen LogP contribution is -1.65. The van der Waals surface area contributed by atoms with E-state index < -0.39 is 0 Å². The third-order valence-electron chi connectivity index (χ3n) is 1.41. The van der Waals surface area contributed by atoms with Gasteiger partial charge in [-0.2, -0.15) is 0 Å². The summed E-state index contributed by atoms with van der Waals surface area (Å²) >= 11 is 0. The molecule has 0 saturated heterocycles. The maximum Gasteiger partial charge on any atom is 0.213 e. The molecule has 0 saturated carbocycles. The van der Waals surface area contributed by atoms with Crippen molar-refractivity contribution in [3.05, 3.63) is 48.2 Å². The predicted octanol–water partition coefficient (Wildman–Crippen LogP) is 4.43. The Kier molecular flexibility index (Phi) is 15.0. The van der Waals surface area contributed by atoms with E-state index in [4.69, 9.17) is 0 Å². The Morgan fingerprint density at radius 3 is 1.59 bits per heavy atom. The van der Waals surface area contributed by atoms with Crippen LogP contribution in [0.4, 0.5) is 0 Å². The number of aryl methyl sites for hydroxylation is 2. The van der Waals surface area contributed by atoms with Gasteiger partial charge in [-0.25, -0.2) is 0 Å². The first-order chi connectivity index (χ1) is 8.29. The summed E-state index contributed by atoms with van der Waals surface area (Å²) in [5.74, 6) is 0.606. The minimum absolute atomic E-state index is 0.606. The SMILES string of the molecule is CC.CC.Cc1ccccc1.Cc1nnco1. The number of hydrogen-bond acceptors (Lipinski definition) is 3. The predicted molar refractivity (Wildman–Crippen MR) is 72.9 cm³/mol. The zero-order valence-electron chi connectivity index (χ0n) is 11.8. The van der Waals surface area contributed by atoms with Gasteiger partial charge in [0.15, 0.2) is 0 Å². The summed E-state index contributed by atoms with van der Waals surface area (Å²) in [6.07, 6.45) is 1.30. The summed E-state index contributed by atoms with van der Waals surface area (Å²) < 4.78 is 4.61. The highest BCUT2D eigenvalue weighted by Crippen LogP contribution is 1.92. The van der Waals surface area contributed by atoms with Gasteiger partial charge in [0.2, 0.25) is 12.3 Å². The Bertz CT molecular complexity index is 317. The Balaban J connectivity index is 0. The van der Waals surface area contributed by atoms with Gasteiger partial charge in [0.25, 0.3) is 0 Å². The van der Waals surface area contributed by atoms with E-state index in [9.17, 15) is 0 Å². The van der Waals surface area contributed by atoms with Crippen molar-refractivity contribution < 1.29 is 4.42 Å². The van der Waals surface area contributed by atoms with E-state index in [0.29, 0.717) is 5.89 Å². The van der Waals surface area contributed by atoms with Gasteiger partial charge in [0.1, 0.15) is 0 Å². The fourth-order valence-corrected chi connectivity index (χ4v) is 0.763. The van der Waals surface area contributed by atoms with Crippen LogP contribution in [0.15, 0.2) is 41.1 Å². The highest BCUT2D eigenvalue weighted by atomic mass is 16.4. The van der Waals surface area contributed by atoms with Crippen molar-refractivity contribution in [2.24, 2.45) is 0 Å². The molecule has 0 aliphatic heterocycles. The summed E-state index contributed by atoms with van der Waals surface area (Å²) in [6, 6.07) is 10.3. The molecule has 3 heteroatoms. The average Bonchev–Trinajstić information content (AvgIpc) is 2.87. The number of rotatable bonds is 0. The molecule has 0 atom stereocenters. The molecular weight excluding hydrogens is 212 g/mol. The van der Waals surface area contributed by atoms with E-state index in [-0.39, 0.29) is 0 Å². The molecule has 0 spiro atoms. The number of hydrogen-bond donors (Lipinski definition) is 0. The number of nitrogens with zero attached hydrogens (tertiary/aromatic N) is 2. The summed E-state index contributed by atoms with van der Waals surface area (Å²) in [4.78, 5) is 0. The summed E-state index contributed by atoms with van der Waals surface area (Å²) in [5.41, 5.74) is 1.32. The van der Waals surface area contributed by atoms with E-state index >= 15 is 0 Å². The Morgan fingerprint density at radius 2 is 1.41 bits per heavy atom. The largest absolute Gasteiger partial charge is 0.428 e. The van der Waals surface area contributed by atoms with Gasteiger partial charge in [-0.3, -0.25) is 0 Å². The van der Waals surface area contributed by atoms with Crippen LogP contribution in [-0.4, -0.2) is 10.2 Å². The zero-order valence-corrected chi connectivity index (χ0v) is 11.8. The van der Waals surface area contributed by atoms with Crippen LogP contribution in [0.3, 0.4) is 0 Å². The highest BCUT2D eigenvalue weighted by Gasteiger charge is 1.79. The zero-order chi connectivity index (χ0) is 13.5. The van der Waals surface area contributed by atoms with E-state index in [1.165, 1.54) is 12.0 Å². The normalized spacial score (nSPS) is 7.41. The molecule has 0 aliphatic rings. The van der Waals surface area contributed by atoms with Crippen LogP contribution in [0.5, 0.6) is 0 Å². The third kappa shape index (κ3) is 12.3. The van der Waals surface area contributed by atoms with Crippen molar-refractivity contribution in [2.45, 2.75) is 41.5 Å². The van der Waals surface area contributed by atoms with Gasteiger partial charge in [0, 0.05) is 6.92 Å². The molecule has 0 radical (unpaired) electrons. The molecule has 2 rings (SSSR count). The second-order valence-corrected chi connectivity index (χ2v) is 2.61. The third-order valence-corrected chi connectivity index (χ3v) is 1.41. The van der Waals surface area contributed by atoms with Crippen molar-refractivity contribution in [3.8, 4) is 0 Å². The topological polar surface area (TPSA) is 38.9 Å². The molecule has 1 aromatic carbocycles. The van der Waals surface area contributed by atoms with Crippen LogP contribution in [0.25, 0.3) is 0 Å². The van der Waals surface area contributed by atoms with Gasteiger partial charge >= 0.3 is 0 Å². The van der Waals surface area contributed by atoms with E-state index in [1.807, 2.05) is 45.9 Å². The lowest BCUT2D eigenvalue weighted by molar-refractivity contribution is 0.518. The molecule has 2 aromatic rings. The minimum atomic E-state index is 0.606. The Hall–Kier alpha value is -1.64. The first-order valence-electron chi connectivity index (χ1n) is 6.03. The minimum Gasteiger partial charge on any atom is -0.428 e. The maximum absolute atomic E-state index is 4.61. The summed E-state index contributed by atoms with van der Waals surface area (Å²) in [6.45, 7) is 11.8. The van der Waals surface area contributed by atoms with Crippen molar-refractivity contribution >= 4 is 0 Å². The Labute approximate surface area is 105 Å². The molecule has 3 nitrogen and oxygen atoms in total. The van der Waals surface area contributed by atoms with Crippen LogP contribution >= 0.6 is 0 Å². The first-order valence-corrected chi connectivity index (χ1v) is 6.03. The van der Waals surface area contributed by atoms with Crippen LogP contribution in [0.2, 0.25) is 0 Å². The van der Waals surface area contributed by atoms with Crippen LogP contribution < -0.4 is 0 Å². The molecule has 0 N–H and O–H groups in total. The standard InChI is InChI=1S/C7H8.C3H4N2O.2C2H6/c1-7-5-3-2-4-6-7;1-3-5-4-2-6-3;2*1-2/h2-6H,1H3;2H,1H3;2*1-2H3. The lowest BCUT2D eigenvalue weighted by Gasteiger charge is -1.82. The lowest BCUT2D eigenvalue weighted by atomic mass is 10.2. The average molecular weight is 236 g/mol. The monoisotopic (exact) mass is 236 g/mol. The maximum atomic E-state index is 4.61. The molecule has 0 fully saturated rings. The van der Waals surface area contributed by atoms with Gasteiger partial charge in [-0.1, -0.05) is 63.6 Å². The quantitative estimate of drug-likeness (QED) is 0.679. The van der Waals surface area contributed by atoms with Gasteiger partial charge in [-0.15, -0.1) is 10.2 Å². The van der Waals surface area contributed by atoms with Crippen LogP contribution in [-0.2, 0) is 0 Å². The molecule has 1 heterocycles. The van der Waals surface area contributed by atoms with Crippen molar-refractivity contribution in [2.75, 3.05) is 0 Å². The molecule has 0 amide bonds. The van der Waals surface area contributed by atoms with E-state index in [0.717, 1.165) is 0 Å². The second-order valence-electron chi connectivity index (χ2n) is 2.61. The van der Waals surface area contributed by atoms with Crippen LogP contribution in [0.1, 0.15) is 39.1 Å². The summed E-state index contributed by atoms with van der Waals surface area (Å²) in [5, 5.41) is 6.91. The molecule has 96 valence electrons. The summed E-state index contributed by atoms with van der Waals surface area (Å²) in [7, 11) is 0. The molecule has 0 aliphatic carbocycles. The molecular formula is C14H24N2O. The molecule has 0 bridgehead atoms. The molecule has 1 aromatic heterocycles.